The van der Waals surface area contributed by atoms with Crippen molar-refractivity contribution in [3.63, 3.8) is 0 Å². The predicted molar refractivity (Wildman–Crippen MR) is 85.5 cm³/mol. The van der Waals surface area contributed by atoms with Crippen molar-refractivity contribution in [1.29, 1.82) is 0 Å². The Morgan fingerprint density at radius 2 is 2.00 bits per heavy atom. The molecule has 116 valence electrons. The van der Waals surface area contributed by atoms with Gasteiger partial charge in [0.2, 0.25) is 5.91 Å². The summed E-state index contributed by atoms with van der Waals surface area (Å²) in [7, 11) is 3.23. The molecule has 0 saturated heterocycles. The molecule has 0 radical (unpaired) electrons. The molecule has 0 fully saturated rings. The molecule has 1 N–H and O–H groups in total. The summed E-state index contributed by atoms with van der Waals surface area (Å²) in [4.78, 5) is 16.3. The average molecular weight is 300 g/mol. The molecule has 1 aromatic carbocycles. The molecule has 0 unspecified atom stereocenters. The molecule has 2 rings (SSSR count). The van der Waals surface area contributed by atoms with Gasteiger partial charge in [-0.1, -0.05) is 6.07 Å². The molecular weight excluding hydrogens is 280 g/mol. The smallest absolute Gasteiger partial charge is 0.225 e. The number of pyridine rings is 1. The maximum Gasteiger partial charge on any atom is 0.225 e. The highest BCUT2D eigenvalue weighted by atomic mass is 16.5. The van der Waals surface area contributed by atoms with Crippen molar-refractivity contribution in [1.82, 2.24) is 4.98 Å². The molecule has 0 aliphatic carbocycles. The first kappa shape index (κ1) is 15.8. The van der Waals surface area contributed by atoms with Gasteiger partial charge in [0.05, 0.1) is 14.2 Å². The van der Waals surface area contributed by atoms with E-state index in [0.717, 1.165) is 22.8 Å². The minimum atomic E-state index is -0.0806. The first-order chi connectivity index (χ1) is 10.6. The van der Waals surface area contributed by atoms with E-state index in [9.17, 15) is 4.79 Å². The Labute approximate surface area is 130 Å². The van der Waals surface area contributed by atoms with Gasteiger partial charge in [0, 0.05) is 12.1 Å². The third kappa shape index (κ3) is 4.22. The first-order valence-electron chi connectivity index (χ1n) is 7.07. The highest BCUT2D eigenvalue weighted by Gasteiger charge is 2.09. The van der Waals surface area contributed by atoms with Crippen molar-refractivity contribution < 1.29 is 14.3 Å². The quantitative estimate of drug-likeness (QED) is 0.891. The van der Waals surface area contributed by atoms with Crippen molar-refractivity contribution in [3.05, 3.63) is 47.7 Å². The van der Waals surface area contributed by atoms with Gasteiger partial charge in [0.1, 0.15) is 17.3 Å². The van der Waals surface area contributed by atoms with Crippen molar-refractivity contribution in [2.45, 2.75) is 19.8 Å². The van der Waals surface area contributed by atoms with Crippen LogP contribution in [0.3, 0.4) is 0 Å². The SMILES string of the molecule is COc1ccc(OC)c(CCC(=O)Nc2cccc(C)n2)c1. The van der Waals surface area contributed by atoms with Crippen molar-refractivity contribution in [2.75, 3.05) is 19.5 Å². The highest BCUT2D eigenvalue weighted by Crippen LogP contribution is 2.25. The third-order valence-electron chi connectivity index (χ3n) is 3.26. The van der Waals surface area contributed by atoms with Crippen LogP contribution in [0.25, 0.3) is 0 Å². The normalized spacial score (nSPS) is 10.1. The van der Waals surface area contributed by atoms with Crippen LogP contribution in [0, 0.1) is 6.92 Å². The van der Waals surface area contributed by atoms with E-state index in [2.05, 4.69) is 10.3 Å². The first-order valence-corrected chi connectivity index (χ1v) is 7.07. The average Bonchev–Trinajstić information content (AvgIpc) is 2.52. The number of aromatic nitrogens is 1. The largest absolute Gasteiger partial charge is 0.497 e. The Bertz CT molecular complexity index is 656. The molecule has 22 heavy (non-hydrogen) atoms. The van der Waals surface area contributed by atoms with E-state index in [1.165, 1.54) is 0 Å². The van der Waals surface area contributed by atoms with E-state index in [-0.39, 0.29) is 5.91 Å². The summed E-state index contributed by atoms with van der Waals surface area (Å²) in [6, 6.07) is 11.1. The van der Waals surface area contributed by atoms with E-state index in [1.54, 1.807) is 20.3 Å². The number of methoxy groups -OCH3 is 2. The van der Waals surface area contributed by atoms with Crippen LogP contribution in [0.2, 0.25) is 0 Å². The zero-order valence-electron chi connectivity index (χ0n) is 13.1. The Hall–Kier alpha value is -2.56. The number of carbonyl (C=O) groups excluding carboxylic acids is 1. The van der Waals surface area contributed by atoms with E-state index in [1.807, 2.05) is 37.3 Å². The Morgan fingerprint density at radius 3 is 2.68 bits per heavy atom. The second-order valence-electron chi connectivity index (χ2n) is 4.89. The minimum absolute atomic E-state index is 0.0806. The summed E-state index contributed by atoms with van der Waals surface area (Å²) in [5.74, 6) is 1.99. The minimum Gasteiger partial charge on any atom is -0.497 e. The lowest BCUT2D eigenvalue weighted by molar-refractivity contribution is -0.116. The Morgan fingerprint density at radius 1 is 1.18 bits per heavy atom. The van der Waals surface area contributed by atoms with Crippen LogP contribution in [0.4, 0.5) is 5.82 Å². The van der Waals surface area contributed by atoms with Gasteiger partial charge in [-0.15, -0.1) is 0 Å². The van der Waals surface area contributed by atoms with Gasteiger partial charge in [0.25, 0.3) is 0 Å². The van der Waals surface area contributed by atoms with Crippen molar-refractivity contribution in [3.8, 4) is 11.5 Å². The fraction of sp³-hybridized carbons (Fsp3) is 0.294. The lowest BCUT2D eigenvalue weighted by Crippen LogP contribution is -2.13. The molecule has 1 heterocycles. The summed E-state index contributed by atoms with van der Waals surface area (Å²) in [6.45, 7) is 1.89. The lowest BCUT2D eigenvalue weighted by atomic mass is 10.1. The Balaban J connectivity index is 1.98. The molecule has 5 nitrogen and oxygen atoms in total. The number of hydrogen-bond donors (Lipinski definition) is 1. The number of rotatable bonds is 6. The van der Waals surface area contributed by atoms with Crippen LogP contribution in [-0.4, -0.2) is 25.1 Å². The molecule has 0 spiro atoms. The number of nitrogens with one attached hydrogen (secondary N) is 1. The fourth-order valence-electron chi connectivity index (χ4n) is 2.14. The van der Waals surface area contributed by atoms with Crippen LogP contribution in [0.1, 0.15) is 17.7 Å². The summed E-state index contributed by atoms with van der Waals surface area (Å²) >= 11 is 0. The summed E-state index contributed by atoms with van der Waals surface area (Å²) < 4.78 is 10.5. The molecular formula is C17H20N2O3. The second kappa shape index (κ2) is 7.45. The number of anilines is 1. The van der Waals surface area contributed by atoms with Crippen LogP contribution in [0.5, 0.6) is 11.5 Å². The zero-order chi connectivity index (χ0) is 15.9. The standard InChI is InChI=1S/C17H20N2O3/c1-12-5-4-6-16(18-12)19-17(20)10-7-13-11-14(21-2)8-9-15(13)22-3/h4-6,8-9,11H,7,10H2,1-3H3,(H,18,19,20). The topological polar surface area (TPSA) is 60.5 Å². The van der Waals surface area contributed by atoms with Crippen LogP contribution in [-0.2, 0) is 11.2 Å². The lowest BCUT2D eigenvalue weighted by Gasteiger charge is -2.10. The number of hydrogen-bond acceptors (Lipinski definition) is 4. The highest BCUT2D eigenvalue weighted by molar-refractivity contribution is 5.89. The van der Waals surface area contributed by atoms with Gasteiger partial charge >= 0.3 is 0 Å². The van der Waals surface area contributed by atoms with Gasteiger partial charge in [0.15, 0.2) is 0 Å². The summed E-state index contributed by atoms with van der Waals surface area (Å²) in [5.41, 5.74) is 1.81. The van der Waals surface area contributed by atoms with Gasteiger partial charge in [-0.2, -0.15) is 0 Å². The maximum atomic E-state index is 12.0. The second-order valence-corrected chi connectivity index (χ2v) is 4.89. The van der Waals surface area contributed by atoms with Gasteiger partial charge in [-0.05, 0) is 49.2 Å². The number of benzene rings is 1. The van der Waals surface area contributed by atoms with Gasteiger partial charge < -0.3 is 14.8 Å². The monoisotopic (exact) mass is 300 g/mol. The van der Waals surface area contributed by atoms with Crippen LogP contribution < -0.4 is 14.8 Å². The number of amides is 1. The number of ether oxygens (including phenoxy) is 2. The molecule has 1 aromatic heterocycles. The molecule has 5 heteroatoms. The molecule has 0 bridgehead atoms. The molecule has 2 aromatic rings. The number of aryl methyl sites for hydroxylation is 2. The Kier molecular flexibility index (Phi) is 5.36. The van der Waals surface area contributed by atoms with Crippen LogP contribution >= 0.6 is 0 Å². The predicted octanol–water partition coefficient (Wildman–Crippen LogP) is 2.98. The number of carbonyl (C=O) groups is 1. The van der Waals surface area contributed by atoms with Gasteiger partial charge in [-0.3, -0.25) is 4.79 Å². The molecule has 0 aliphatic heterocycles. The fourth-order valence-corrected chi connectivity index (χ4v) is 2.14. The van der Waals surface area contributed by atoms with Crippen molar-refractivity contribution in [2.24, 2.45) is 0 Å². The van der Waals surface area contributed by atoms with E-state index < -0.39 is 0 Å². The summed E-state index contributed by atoms with van der Waals surface area (Å²) in [5, 5.41) is 2.80. The molecule has 0 atom stereocenters. The summed E-state index contributed by atoms with van der Waals surface area (Å²) in [6.07, 6.45) is 0.914. The molecule has 0 saturated carbocycles. The maximum absolute atomic E-state index is 12.0. The molecule has 0 aliphatic rings. The van der Waals surface area contributed by atoms with E-state index >= 15 is 0 Å². The number of nitrogens with zero attached hydrogens (tertiary/aromatic N) is 1. The zero-order valence-corrected chi connectivity index (χ0v) is 13.1. The van der Waals surface area contributed by atoms with E-state index in [4.69, 9.17) is 9.47 Å². The van der Waals surface area contributed by atoms with Crippen LogP contribution in [0.15, 0.2) is 36.4 Å². The molecule has 1 amide bonds. The van der Waals surface area contributed by atoms with Gasteiger partial charge in [-0.25, -0.2) is 4.98 Å². The van der Waals surface area contributed by atoms with E-state index in [0.29, 0.717) is 18.7 Å². The third-order valence-corrected chi connectivity index (χ3v) is 3.26. The van der Waals surface area contributed by atoms with Crippen molar-refractivity contribution >= 4 is 11.7 Å².